The predicted octanol–water partition coefficient (Wildman–Crippen LogP) is 9.94. The molecule has 0 aromatic heterocycles. The molecule has 1 fully saturated rings. The van der Waals surface area contributed by atoms with E-state index in [0.717, 1.165) is 93.7 Å². The molecule has 0 bridgehead atoms. The van der Waals surface area contributed by atoms with Gasteiger partial charge in [0.05, 0.1) is 13.1 Å². The quantitative estimate of drug-likeness (QED) is 0.0388. The molecular weight excluding hydrogens is 574 g/mol. The maximum Gasteiger partial charge on any atom is 0.0539 e. The van der Waals surface area contributed by atoms with E-state index in [1.807, 2.05) is 25.2 Å². The Hall–Kier alpha value is -3.60. The van der Waals surface area contributed by atoms with Gasteiger partial charge in [-0.2, -0.15) is 0 Å². The molecule has 0 radical (unpaired) electrons. The van der Waals surface area contributed by atoms with Gasteiger partial charge in [0.1, 0.15) is 0 Å². The van der Waals surface area contributed by atoms with Gasteiger partial charge < -0.3 is 26.2 Å². The lowest BCUT2D eigenvalue weighted by Gasteiger charge is -2.25. The summed E-state index contributed by atoms with van der Waals surface area (Å²) in [6.07, 6.45) is 24.1. The highest BCUT2D eigenvalue weighted by Gasteiger charge is 2.33. The van der Waals surface area contributed by atoms with Gasteiger partial charge in [-0.25, -0.2) is 0 Å². The Balaban J connectivity index is 2.37. The molecule has 0 amide bonds. The third-order valence-corrected chi connectivity index (χ3v) is 8.83. The summed E-state index contributed by atoms with van der Waals surface area (Å²) in [5, 5.41) is 13.9. The molecule has 2 unspecified atom stereocenters. The van der Waals surface area contributed by atoms with Crippen LogP contribution in [0, 0.1) is 11.8 Å². The zero-order chi connectivity index (χ0) is 35.0. The van der Waals surface area contributed by atoms with E-state index in [4.69, 9.17) is 0 Å². The Morgan fingerprint density at radius 3 is 2.17 bits per heavy atom. The van der Waals surface area contributed by atoms with Gasteiger partial charge in [-0.15, -0.1) is 6.58 Å². The van der Waals surface area contributed by atoms with Crippen LogP contribution in [0.2, 0.25) is 0 Å². The normalized spacial score (nSPS) is 15.6. The molecule has 1 aliphatic heterocycles. The summed E-state index contributed by atoms with van der Waals surface area (Å²) in [7, 11) is 0. The average Bonchev–Trinajstić information content (AvgIpc) is 3.31. The van der Waals surface area contributed by atoms with Crippen molar-refractivity contribution in [2.24, 2.45) is 11.8 Å². The maximum atomic E-state index is 4.45. The molecule has 5 nitrogen and oxygen atoms in total. The molecule has 2 atom stereocenters. The number of hydrogen-bond donors (Lipinski definition) is 4. The fourth-order valence-corrected chi connectivity index (χ4v) is 6.00. The van der Waals surface area contributed by atoms with Crippen molar-refractivity contribution >= 4 is 0 Å². The summed E-state index contributed by atoms with van der Waals surface area (Å²) in [6, 6.07) is 0.190. The first-order valence-corrected chi connectivity index (χ1v) is 17.9. The van der Waals surface area contributed by atoms with E-state index in [0.29, 0.717) is 24.9 Å². The fraction of sp³-hybridized carbons (Fsp3) is 0.524. The second-order valence-electron chi connectivity index (χ2n) is 13.1. The van der Waals surface area contributed by atoms with Crippen molar-refractivity contribution in [2.75, 3.05) is 26.2 Å². The lowest BCUT2D eigenvalue weighted by molar-refractivity contribution is 0.344. The average molecular weight is 644 g/mol. The summed E-state index contributed by atoms with van der Waals surface area (Å²) in [5.74, 6) is 1.28. The maximum absolute atomic E-state index is 4.45. The molecule has 5 heteroatoms. The SMILES string of the molecule is C=C(C)CCCNC(=C)CC(C/C=C/C=C\C=C/C)NC(=C)CNC(=C)CNC(=C)CCCCCN1C(=C)CC(C(CC)CC)C1=C. The van der Waals surface area contributed by atoms with Crippen LogP contribution in [-0.4, -0.2) is 37.1 Å². The third-order valence-electron chi connectivity index (χ3n) is 8.83. The van der Waals surface area contributed by atoms with E-state index in [1.54, 1.807) is 0 Å². The van der Waals surface area contributed by atoms with Crippen molar-refractivity contribution in [3.8, 4) is 0 Å². The Labute approximate surface area is 290 Å². The van der Waals surface area contributed by atoms with Crippen molar-refractivity contribution in [3.63, 3.8) is 0 Å². The molecule has 47 heavy (non-hydrogen) atoms. The molecule has 0 spiro atoms. The number of unbranched alkanes of at least 4 members (excludes halogenated alkanes) is 2. The summed E-state index contributed by atoms with van der Waals surface area (Å²) in [4.78, 5) is 2.39. The number of allylic oxidation sites excluding steroid dienone is 9. The first-order chi connectivity index (χ1) is 22.5. The van der Waals surface area contributed by atoms with Crippen LogP contribution in [0.5, 0.6) is 0 Å². The molecule has 1 saturated heterocycles. The number of nitrogens with zero attached hydrogens (tertiary/aromatic N) is 1. The topological polar surface area (TPSA) is 51.4 Å². The van der Waals surface area contributed by atoms with E-state index in [9.17, 15) is 0 Å². The van der Waals surface area contributed by atoms with Gasteiger partial charge in [0.25, 0.3) is 0 Å². The van der Waals surface area contributed by atoms with Gasteiger partial charge in [-0.1, -0.05) is 115 Å². The number of nitrogens with one attached hydrogen (secondary N) is 4. The number of likely N-dealkylation sites (tertiary alicyclic amines) is 1. The zero-order valence-corrected chi connectivity index (χ0v) is 30.7. The summed E-state index contributed by atoms with van der Waals surface area (Å²) >= 11 is 0. The summed E-state index contributed by atoms with van der Waals surface area (Å²) in [5.41, 5.74) is 7.68. The van der Waals surface area contributed by atoms with Crippen molar-refractivity contribution in [2.45, 2.75) is 104 Å². The highest BCUT2D eigenvalue weighted by atomic mass is 15.2. The van der Waals surface area contributed by atoms with Crippen LogP contribution in [0.1, 0.15) is 98.3 Å². The van der Waals surface area contributed by atoms with Crippen molar-refractivity contribution < 1.29 is 0 Å². The molecule has 0 saturated carbocycles. The molecule has 0 aliphatic carbocycles. The molecule has 0 aromatic rings. The van der Waals surface area contributed by atoms with E-state index in [1.165, 1.54) is 29.8 Å². The van der Waals surface area contributed by atoms with Gasteiger partial charge in [-0.3, -0.25) is 0 Å². The highest BCUT2D eigenvalue weighted by molar-refractivity contribution is 5.21. The molecule has 1 rings (SSSR count). The molecule has 0 aromatic carbocycles. The van der Waals surface area contributed by atoms with Gasteiger partial charge in [0, 0.05) is 65.7 Å². The first-order valence-electron chi connectivity index (χ1n) is 17.9. The van der Waals surface area contributed by atoms with Crippen LogP contribution in [-0.2, 0) is 0 Å². The van der Waals surface area contributed by atoms with Crippen LogP contribution in [0.4, 0.5) is 0 Å². The minimum atomic E-state index is 0.190. The second-order valence-corrected chi connectivity index (χ2v) is 13.1. The van der Waals surface area contributed by atoms with Gasteiger partial charge >= 0.3 is 0 Å². The Kier molecular flexibility index (Phi) is 21.6. The van der Waals surface area contributed by atoms with Crippen LogP contribution in [0.15, 0.2) is 122 Å². The third kappa shape index (κ3) is 18.4. The molecule has 262 valence electrons. The van der Waals surface area contributed by atoms with E-state index in [2.05, 4.69) is 111 Å². The lowest BCUT2D eigenvalue weighted by atomic mass is 9.85. The monoisotopic (exact) mass is 644 g/mol. The number of rotatable bonds is 28. The molecule has 1 heterocycles. The second kappa shape index (κ2) is 24.6. The Morgan fingerprint density at radius 1 is 0.809 bits per heavy atom. The van der Waals surface area contributed by atoms with Crippen LogP contribution >= 0.6 is 0 Å². The standard InChI is InChI=1S/C42H69N5/c1-12-15-16-17-18-21-26-41(29-35(7)43-27-23-24-33(4)5)46-37(9)32-45-36(8)31-44-34(6)25-20-19-22-28-47-38(10)30-42(39(47)11)40(13-2)14-3/h12,15-18,21,40-46H,4,6-11,13-14,19-20,22-32H2,1-3,5H3/b15-12-,17-16-,21-18+. The smallest absolute Gasteiger partial charge is 0.0539 e. The minimum absolute atomic E-state index is 0.190. The van der Waals surface area contributed by atoms with Gasteiger partial charge in [0.15, 0.2) is 0 Å². The van der Waals surface area contributed by atoms with E-state index >= 15 is 0 Å². The lowest BCUT2D eigenvalue weighted by Crippen LogP contribution is -2.35. The molecule has 1 aliphatic rings. The van der Waals surface area contributed by atoms with E-state index in [-0.39, 0.29) is 6.04 Å². The minimum Gasteiger partial charge on any atom is -0.389 e. The molecular formula is C42H69N5. The predicted molar refractivity (Wildman–Crippen MR) is 210 cm³/mol. The highest BCUT2D eigenvalue weighted by Crippen LogP contribution is 2.41. The summed E-state index contributed by atoms with van der Waals surface area (Å²) in [6.45, 7) is 41.6. The van der Waals surface area contributed by atoms with E-state index < -0.39 is 0 Å². The summed E-state index contributed by atoms with van der Waals surface area (Å²) < 4.78 is 0. The number of hydrogen-bond acceptors (Lipinski definition) is 5. The van der Waals surface area contributed by atoms with Crippen molar-refractivity contribution in [1.29, 1.82) is 0 Å². The fourth-order valence-electron chi connectivity index (χ4n) is 6.00. The first kappa shape index (κ1) is 41.4. The largest absolute Gasteiger partial charge is 0.389 e. The van der Waals surface area contributed by atoms with Crippen LogP contribution < -0.4 is 21.3 Å². The molecule has 4 N–H and O–H groups in total. The Bertz CT molecular complexity index is 1120. The zero-order valence-electron chi connectivity index (χ0n) is 30.7. The van der Waals surface area contributed by atoms with Gasteiger partial charge in [-0.05, 0) is 64.7 Å². The van der Waals surface area contributed by atoms with Crippen LogP contribution in [0.25, 0.3) is 0 Å². The Morgan fingerprint density at radius 2 is 1.49 bits per heavy atom. The van der Waals surface area contributed by atoms with Crippen LogP contribution in [0.3, 0.4) is 0 Å². The van der Waals surface area contributed by atoms with Crippen molar-refractivity contribution in [3.05, 3.63) is 122 Å². The van der Waals surface area contributed by atoms with Gasteiger partial charge in [0.2, 0.25) is 0 Å². The van der Waals surface area contributed by atoms with Crippen molar-refractivity contribution in [1.82, 2.24) is 26.2 Å².